The number of hydrogen-bond acceptors (Lipinski definition) is 0. The molecule has 0 bridgehead atoms. The van der Waals surface area contributed by atoms with Gasteiger partial charge in [-0.3, -0.25) is 0 Å². The average molecular weight is 190 g/mol. The van der Waals surface area contributed by atoms with Gasteiger partial charge in [-0.15, -0.1) is 0 Å². The molecule has 0 aliphatic rings. The molecule has 0 amide bonds. The van der Waals surface area contributed by atoms with Crippen molar-refractivity contribution in [2.75, 3.05) is 0 Å². The lowest BCUT2D eigenvalue weighted by Gasteiger charge is -2.14. The second-order valence-electron chi connectivity index (χ2n) is 4.64. The number of benzene rings is 1. The zero-order valence-corrected chi connectivity index (χ0v) is 10.1. The van der Waals surface area contributed by atoms with E-state index in [2.05, 4.69) is 52.8 Å². The van der Waals surface area contributed by atoms with Crippen LogP contribution in [-0.4, -0.2) is 0 Å². The van der Waals surface area contributed by atoms with Crippen molar-refractivity contribution in [1.29, 1.82) is 0 Å². The van der Waals surface area contributed by atoms with Crippen molar-refractivity contribution >= 4 is 0 Å². The zero-order valence-electron chi connectivity index (χ0n) is 10.1. The summed E-state index contributed by atoms with van der Waals surface area (Å²) in [5.41, 5.74) is 4.36. The Balaban J connectivity index is 3.07. The highest BCUT2D eigenvalue weighted by Crippen LogP contribution is 2.24. The van der Waals surface area contributed by atoms with Gasteiger partial charge in [0.25, 0.3) is 0 Å². The molecular formula is C14H22. The summed E-state index contributed by atoms with van der Waals surface area (Å²) in [7, 11) is 0. The first-order valence-corrected chi connectivity index (χ1v) is 5.66. The maximum absolute atomic E-state index is 2.37. The zero-order chi connectivity index (χ0) is 10.7. The van der Waals surface area contributed by atoms with Gasteiger partial charge in [0.05, 0.1) is 0 Å². The minimum atomic E-state index is 0.637. The van der Waals surface area contributed by atoms with Gasteiger partial charge >= 0.3 is 0 Å². The second-order valence-corrected chi connectivity index (χ2v) is 4.64. The molecule has 0 aromatic heterocycles. The molecule has 0 radical (unpaired) electrons. The minimum Gasteiger partial charge on any atom is -0.0648 e. The summed E-state index contributed by atoms with van der Waals surface area (Å²) in [6.07, 6.45) is 1.22. The van der Waals surface area contributed by atoms with E-state index in [9.17, 15) is 0 Å². The highest BCUT2D eigenvalue weighted by atomic mass is 14.1. The molecule has 0 saturated heterocycles. The van der Waals surface area contributed by atoms with Gasteiger partial charge in [-0.05, 0) is 36.3 Å². The third-order valence-corrected chi connectivity index (χ3v) is 2.97. The van der Waals surface area contributed by atoms with Gasteiger partial charge in [-0.1, -0.05) is 51.5 Å². The van der Waals surface area contributed by atoms with Crippen LogP contribution < -0.4 is 0 Å². The van der Waals surface area contributed by atoms with Gasteiger partial charge in [-0.25, -0.2) is 0 Å². The van der Waals surface area contributed by atoms with Crippen LogP contribution in [0.15, 0.2) is 18.2 Å². The van der Waals surface area contributed by atoms with Crippen molar-refractivity contribution in [2.45, 2.75) is 52.9 Å². The Morgan fingerprint density at radius 1 is 1.00 bits per heavy atom. The Labute approximate surface area is 88.4 Å². The van der Waals surface area contributed by atoms with E-state index in [1.54, 1.807) is 0 Å². The number of aryl methyl sites for hydroxylation is 1. The van der Waals surface area contributed by atoms with Gasteiger partial charge in [0.15, 0.2) is 0 Å². The van der Waals surface area contributed by atoms with E-state index in [4.69, 9.17) is 0 Å². The second kappa shape index (κ2) is 4.63. The van der Waals surface area contributed by atoms with E-state index in [-0.39, 0.29) is 0 Å². The predicted octanol–water partition coefficient (Wildman–Crippen LogP) is 4.63. The molecule has 0 N–H and O–H groups in total. The molecule has 0 aliphatic carbocycles. The largest absolute Gasteiger partial charge is 0.0648 e. The number of hydrogen-bond donors (Lipinski definition) is 0. The predicted molar refractivity (Wildman–Crippen MR) is 64.0 cm³/mol. The summed E-state index contributed by atoms with van der Waals surface area (Å²) in [5.74, 6) is 1.32. The Morgan fingerprint density at radius 3 is 2.07 bits per heavy atom. The lowest BCUT2D eigenvalue weighted by Crippen LogP contribution is -1.96. The summed E-state index contributed by atoms with van der Waals surface area (Å²) >= 11 is 0. The van der Waals surface area contributed by atoms with Crippen LogP contribution in [0.1, 0.15) is 62.6 Å². The first-order chi connectivity index (χ1) is 6.54. The van der Waals surface area contributed by atoms with Crippen molar-refractivity contribution in [2.24, 2.45) is 0 Å². The Morgan fingerprint density at radius 2 is 1.57 bits per heavy atom. The van der Waals surface area contributed by atoms with Crippen LogP contribution in [0.4, 0.5) is 0 Å². The maximum atomic E-state index is 2.37. The monoisotopic (exact) mass is 190 g/mol. The topological polar surface area (TPSA) is 0 Å². The minimum absolute atomic E-state index is 0.637. The summed E-state index contributed by atoms with van der Waals surface area (Å²) in [6.45, 7) is 11.3. The molecule has 1 rings (SSSR count). The quantitative estimate of drug-likeness (QED) is 0.651. The third-order valence-electron chi connectivity index (χ3n) is 2.97. The van der Waals surface area contributed by atoms with Crippen molar-refractivity contribution in [3.8, 4) is 0 Å². The molecule has 78 valence electrons. The smallest absolute Gasteiger partial charge is 0.0193 e. The van der Waals surface area contributed by atoms with Gasteiger partial charge in [0.2, 0.25) is 0 Å². The molecule has 0 heteroatoms. The molecule has 0 heterocycles. The molecule has 0 aliphatic heterocycles. The highest BCUT2D eigenvalue weighted by Gasteiger charge is 2.06. The van der Waals surface area contributed by atoms with Crippen LogP contribution in [-0.2, 0) is 0 Å². The normalized spacial score (nSPS) is 13.3. The SMILES string of the molecule is CCC(C)c1cc(C)cc(C(C)C)c1. The van der Waals surface area contributed by atoms with Gasteiger partial charge in [-0.2, -0.15) is 0 Å². The van der Waals surface area contributed by atoms with E-state index in [1.807, 2.05) is 0 Å². The van der Waals surface area contributed by atoms with Gasteiger partial charge in [0, 0.05) is 0 Å². The van der Waals surface area contributed by atoms with Crippen LogP contribution in [0.5, 0.6) is 0 Å². The molecule has 0 fully saturated rings. The molecule has 1 atom stereocenters. The van der Waals surface area contributed by atoms with E-state index < -0.39 is 0 Å². The fourth-order valence-corrected chi connectivity index (χ4v) is 1.70. The third kappa shape index (κ3) is 2.60. The maximum Gasteiger partial charge on any atom is -0.0193 e. The van der Waals surface area contributed by atoms with Crippen LogP contribution in [0.2, 0.25) is 0 Å². The van der Waals surface area contributed by atoms with Gasteiger partial charge < -0.3 is 0 Å². The lowest BCUT2D eigenvalue weighted by atomic mass is 9.91. The van der Waals surface area contributed by atoms with E-state index in [0.717, 1.165) is 0 Å². The Bertz CT molecular complexity index is 297. The van der Waals surface area contributed by atoms with Crippen molar-refractivity contribution in [3.05, 3.63) is 34.9 Å². The van der Waals surface area contributed by atoms with Crippen LogP contribution in [0, 0.1) is 6.92 Å². The molecule has 0 saturated carbocycles. The van der Waals surface area contributed by atoms with Crippen molar-refractivity contribution < 1.29 is 0 Å². The van der Waals surface area contributed by atoms with Crippen molar-refractivity contribution in [3.63, 3.8) is 0 Å². The fraction of sp³-hybridized carbons (Fsp3) is 0.571. The van der Waals surface area contributed by atoms with Crippen LogP contribution in [0.3, 0.4) is 0 Å². The van der Waals surface area contributed by atoms with Crippen LogP contribution in [0.25, 0.3) is 0 Å². The van der Waals surface area contributed by atoms with Gasteiger partial charge in [0.1, 0.15) is 0 Å². The van der Waals surface area contributed by atoms with Crippen LogP contribution >= 0.6 is 0 Å². The van der Waals surface area contributed by atoms with Crippen molar-refractivity contribution in [1.82, 2.24) is 0 Å². The average Bonchev–Trinajstić information content (AvgIpc) is 2.15. The molecular weight excluding hydrogens is 168 g/mol. The first kappa shape index (κ1) is 11.3. The van der Waals surface area contributed by atoms with E-state index in [0.29, 0.717) is 11.8 Å². The number of rotatable bonds is 3. The summed E-state index contributed by atoms with van der Waals surface area (Å²) in [6, 6.07) is 6.99. The van der Waals surface area contributed by atoms with E-state index in [1.165, 1.54) is 23.1 Å². The molecule has 14 heavy (non-hydrogen) atoms. The van der Waals surface area contributed by atoms with E-state index >= 15 is 0 Å². The summed E-state index contributed by atoms with van der Waals surface area (Å²) < 4.78 is 0. The fourth-order valence-electron chi connectivity index (χ4n) is 1.70. The first-order valence-electron chi connectivity index (χ1n) is 5.66. The molecule has 1 aromatic carbocycles. The lowest BCUT2D eigenvalue weighted by molar-refractivity contribution is 0.728. The Kier molecular flexibility index (Phi) is 3.74. The summed E-state index contributed by atoms with van der Waals surface area (Å²) in [5, 5.41) is 0. The molecule has 0 nitrogen and oxygen atoms in total. The molecule has 0 spiro atoms. The highest BCUT2D eigenvalue weighted by molar-refractivity contribution is 5.33. The Hall–Kier alpha value is -0.780. The molecule has 1 aromatic rings. The summed E-state index contributed by atoms with van der Waals surface area (Å²) in [4.78, 5) is 0. The molecule has 1 unspecified atom stereocenters. The standard InChI is InChI=1S/C14H22/c1-6-12(5)14-8-11(4)7-13(9-14)10(2)3/h7-10,12H,6H2,1-5H3.